The van der Waals surface area contributed by atoms with E-state index in [2.05, 4.69) is 0 Å². The second-order valence-electron chi connectivity index (χ2n) is 2.77. The first kappa shape index (κ1) is 132. The average Bonchev–Trinajstić information content (AvgIpc) is 2.30. The second kappa shape index (κ2) is 123. The van der Waals surface area contributed by atoms with Gasteiger partial charge in [-0.2, -0.15) is 0 Å². The van der Waals surface area contributed by atoms with E-state index in [1.807, 2.05) is 0 Å². The molecule has 0 spiro atoms. The van der Waals surface area contributed by atoms with Crippen molar-refractivity contribution in [3.8, 4) is 0 Å². The predicted molar refractivity (Wildman–Crippen MR) is 131 cm³/mol. The fourth-order valence-corrected chi connectivity index (χ4v) is 0. The Balaban J connectivity index is -0.00000000869. The van der Waals surface area contributed by atoms with Crippen molar-refractivity contribution in [2.75, 3.05) is 0 Å². The van der Waals surface area contributed by atoms with E-state index < -0.39 is 58.6 Å². The predicted octanol–water partition coefficient (Wildman–Crippen LogP) is -15.5. The Hall–Kier alpha value is -0.141. The first-order valence-corrected chi connectivity index (χ1v) is 6.20. The van der Waals surface area contributed by atoms with Crippen molar-refractivity contribution in [1.82, 2.24) is 0 Å². The number of hydrogen-bond acceptors (Lipinski definition) is 24. The zero-order valence-corrected chi connectivity index (χ0v) is 19.4. The van der Waals surface area contributed by atoms with Crippen molar-refractivity contribution in [3.63, 3.8) is 0 Å². The molecule has 0 atom stereocenters. The molecule has 0 aromatic carbocycles. The zero-order valence-electron chi connectivity index (χ0n) is 19.4. The van der Waals surface area contributed by atoms with E-state index in [0.717, 1.165) is 0 Å². The Bertz CT molecular complexity index is 176. The summed E-state index contributed by atoms with van der Waals surface area (Å²) in [6.45, 7) is 0. The van der Waals surface area contributed by atoms with Gasteiger partial charge in [-0.25, -0.2) is 0 Å². The molecule has 43 heteroatoms. The summed E-state index contributed by atoms with van der Waals surface area (Å²) < 4.78 is 0. The summed E-state index contributed by atoms with van der Waals surface area (Å²) >= 11 is 0. The summed E-state index contributed by atoms with van der Waals surface area (Å²) in [7, 11) is -17.3. The molecule has 24 nitrogen and oxygen atoms in total. The van der Waals surface area contributed by atoms with Crippen molar-refractivity contribution in [3.05, 3.63) is 0 Å². The van der Waals surface area contributed by atoms with Crippen molar-refractivity contribution in [2.45, 2.75) is 0 Å². The van der Waals surface area contributed by atoms with E-state index in [0.29, 0.717) is 0 Å². The third-order valence-electron chi connectivity index (χ3n) is 0. The van der Waals surface area contributed by atoms with E-state index in [4.69, 9.17) is 121 Å². The van der Waals surface area contributed by atoms with Crippen LogP contribution in [0.5, 0.6) is 0 Å². The fourth-order valence-electron chi connectivity index (χ4n) is 0. The number of rotatable bonds is 0. The van der Waals surface area contributed by atoms with E-state index in [1.54, 1.807) is 0 Å². The summed E-state index contributed by atoms with van der Waals surface area (Å²) in [5, 5.41) is 172. The van der Waals surface area contributed by atoms with Gasteiger partial charge in [0.2, 0.25) is 0 Å². The number of hydrogen-bond donors (Lipinski definition) is 24. The van der Waals surface area contributed by atoms with Gasteiger partial charge in [0.15, 0.2) is 0 Å². The molecule has 0 saturated heterocycles. The SMILES string of the molecule is F.F.F.F.F.F.F.F.F.F.OB(O)O.OB(O)O.OB(O)O.OB(O)O.OB(O)O.OB(O)O.OB(O)O.OB(O)O.[NaH]. The molecule has 0 fully saturated rings. The maximum atomic E-state index is 7.17. The Morgan fingerprint density at radius 2 is 0.140 bits per heavy atom. The molecule has 0 rings (SSSR count). The molecule has 24 N–H and O–H groups in total. The Labute approximate surface area is 256 Å². The van der Waals surface area contributed by atoms with Gasteiger partial charge in [0, 0.05) is 0 Å². The van der Waals surface area contributed by atoms with E-state index in [-0.39, 0.29) is 76.6 Å². The van der Waals surface area contributed by atoms with Crippen LogP contribution >= 0.6 is 0 Å². The summed E-state index contributed by atoms with van der Waals surface area (Å²) in [5.41, 5.74) is 0. The molecule has 0 heterocycles. The van der Waals surface area contributed by atoms with Crippen LogP contribution < -0.4 is 0 Å². The second-order valence-corrected chi connectivity index (χ2v) is 2.77. The average molecular weight is 719 g/mol. The topological polar surface area (TPSA) is 486 Å². The number of halogens is 10. The third-order valence-corrected chi connectivity index (χ3v) is 0. The van der Waals surface area contributed by atoms with E-state index >= 15 is 0 Å². The van der Waals surface area contributed by atoms with Crippen LogP contribution in [0.2, 0.25) is 0 Å². The van der Waals surface area contributed by atoms with Crippen LogP contribution in [0.25, 0.3) is 0 Å². The summed E-state index contributed by atoms with van der Waals surface area (Å²) in [6, 6.07) is 0. The van der Waals surface area contributed by atoms with Gasteiger partial charge in [0.1, 0.15) is 0 Å². The standard InChI is InChI=1S/8BH3O3.10FH.Na.H/c8*2-1(3)4;;;;;;;;;;;;/h8*2-4H;10*1H;;. The van der Waals surface area contributed by atoms with Crippen molar-refractivity contribution < 1.29 is 168 Å². The first-order valence-electron chi connectivity index (χ1n) is 6.20. The molecule has 0 radical (unpaired) electrons. The minimum atomic E-state index is -2.17. The molecular weight excluding hydrogens is 683 g/mol. The Morgan fingerprint density at radius 1 is 0.140 bits per heavy atom. The molecule has 43 heavy (non-hydrogen) atoms. The van der Waals surface area contributed by atoms with Gasteiger partial charge in [-0.1, -0.05) is 0 Å². The van der Waals surface area contributed by atoms with Crippen LogP contribution in [-0.2, 0) is 0 Å². The molecule has 0 aliphatic heterocycles. The normalized spacial score (nSPS) is 5.02. The van der Waals surface area contributed by atoms with Crippen molar-refractivity contribution in [1.29, 1.82) is 0 Å². The quantitative estimate of drug-likeness (QED) is 0.0816. The van der Waals surface area contributed by atoms with Gasteiger partial charge < -0.3 is 121 Å². The van der Waals surface area contributed by atoms with Crippen LogP contribution in [0.4, 0.5) is 47.0 Å². The van der Waals surface area contributed by atoms with E-state index in [9.17, 15) is 0 Å². The van der Waals surface area contributed by atoms with Crippen LogP contribution in [-0.4, -0.2) is 209 Å². The van der Waals surface area contributed by atoms with E-state index in [1.165, 1.54) is 0 Å². The molecule has 0 amide bonds. The van der Waals surface area contributed by atoms with Crippen molar-refractivity contribution >= 4 is 88.1 Å². The molecule has 0 aliphatic carbocycles. The van der Waals surface area contributed by atoms with Gasteiger partial charge in [-0.15, -0.1) is 0 Å². The van der Waals surface area contributed by atoms with Gasteiger partial charge >= 0.3 is 88.1 Å². The minimum absolute atomic E-state index is 0. The molecule has 0 bridgehead atoms. The summed E-state index contributed by atoms with van der Waals surface area (Å²) in [4.78, 5) is 0. The van der Waals surface area contributed by atoms with Crippen LogP contribution in [0.15, 0.2) is 0 Å². The maximum absolute atomic E-state index is 7.17. The molecular formula is H35B8F10NaO24. The molecule has 0 aliphatic rings. The van der Waals surface area contributed by atoms with Crippen LogP contribution in [0, 0.1) is 0 Å². The first-order chi connectivity index (χ1) is 13.9. The van der Waals surface area contributed by atoms with Gasteiger partial charge in [0.25, 0.3) is 0 Å². The Morgan fingerprint density at radius 3 is 0.140 bits per heavy atom. The van der Waals surface area contributed by atoms with Crippen LogP contribution in [0.3, 0.4) is 0 Å². The molecule has 274 valence electrons. The summed E-state index contributed by atoms with van der Waals surface area (Å²) in [5.74, 6) is 0. The molecule has 0 aromatic heterocycles. The summed E-state index contributed by atoms with van der Waals surface area (Å²) in [6.07, 6.45) is 0. The fraction of sp³-hybridized carbons (Fsp3) is 0. The Kier molecular flexibility index (Phi) is 377. The third kappa shape index (κ3) is 3370000. The molecule has 0 aromatic rings. The molecule has 0 saturated carbocycles. The zero-order chi connectivity index (χ0) is 28.6. The van der Waals surface area contributed by atoms with Crippen molar-refractivity contribution in [2.24, 2.45) is 0 Å². The van der Waals surface area contributed by atoms with Gasteiger partial charge in [-0.3, -0.25) is 47.0 Å². The van der Waals surface area contributed by atoms with Gasteiger partial charge in [-0.05, 0) is 0 Å². The van der Waals surface area contributed by atoms with Crippen LogP contribution in [0.1, 0.15) is 0 Å². The van der Waals surface area contributed by atoms with Gasteiger partial charge in [0.05, 0.1) is 0 Å². The molecule has 0 unspecified atom stereocenters. The monoisotopic (exact) mass is 720 g/mol.